The van der Waals surface area contributed by atoms with E-state index in [9.17, 15) is 0 Å². The Bertz CT molecular complexity index is 219. The first-order valence-corrected chi connectivity index (χ1v) is 7.89. The van der Waals surface area contributed by atoms with E-state index in [-0.39, 0.29) is 0 Å². The average molecular weight is 246 g/mol. The van der Waals surface area contributed by atoms with Gasteiger partial charge in [0, 0.05) is 11.3 Å². The van der Waals surface area contributed by atoms with Gasteiger partial charge >= 0.3 is 0 Å². The Balaban J connectivity index is 2.36. The third kappa shape index (κ3) is 5.16. The molecule has 88 valence electrons. The van der Waals surface area contributed by atoms with E-state index < -0.39 is 0 Å². The zero-order valence-corrected chi connectivity index (χ0v) is 11.8. The summed E-state index contributed by atoms with van der Waals surface area (Å²) in [6, 6.07) is 1.03. The Morgan fingerprint density at radius 3 is 2.93 bits per heavy atom. The highest BCUT2D eigenvalue weighted by Gasteiger charge is 2.19. The smallest absolute Gasteiger partial charge is 0.157 e. The molecule has 2 nitrogen and oxygen atoms in total. The summed E-state index contributed by atoms with van der Waals surface area (Å²) in [5.74, 6) is 1.22. The first-order chi connectivity index (χ1) is 7.11. The minimum Gasteiger partial charge on any atom is -0.362 e. The predicted octanol–water partition coefficient (Wildman–Crippen LogP) is 2.99. The van der Waals surface area contributed by atoms with Crippen LogP contribution in [0.2, 0.25) is 0 Å². The molecule has 1 heterocycles. The Hall–Kier alpha value is 0.170. The molecule has 15 heavy (non-hydrogen) atoms. The Kier molecular flexibility index (Phi) is 5.90. The standard InChI is InChI=1S/C11H22N2S2/c1-8(5-6-14-4)12-11-13-9(2)7-10(3)15-11/h8-10H,5-7H2,1-4H3,(H,12,13). The fourth-order valence-electron chi connectivity index (χ4n) is 1.65. The van der Waals surface area contributed by atoms with Crippen molar-refractivity contribution in [2.24, 2.45) is 4.99 Å². The van der Waals surface area contributed by atoms with Crippen molar-refractivity contribution in [1.82, 2.24) is 5.32 Å². The molecule has 3 atom stereocenters. The number of hydrogen-bond donors (Lipinski definition) is 1. The number of aliphatic imine (C=N–C) groups is 1. The molecule has 1 N–H and O–H groups in total. The predicted molar refractivity (Wildman–Crippen MR) is 74.2 cm³/mol. The molecule has 0 spiro atoms. The van der Waals surface area contributed by atoms with Crippen LogP contribution < -0.4 is 5.32 Å². The fourth-order valence-corrected chi connectivity index (χ4v) is 3.51. The van der Waals surface area contributed by atoms with E-state index >= 15 is 0 Å². The van der Waals surface area contributed by atoms with E-state index in [1.165, 1.54) is 18.6 Å². The fraction of sp³-hybridized carbons (Fsp3) is 0.909. The summed E-state index contributed by atoms with van der Waals surface area (Å²) in [6.45, 7) is 6.72. The summed E-state index contributed by atoms with van der Waals surface area (Å²) < 4.78 is 0. The molecule has 3 unspecified atom stereocenters. The van der Waals surface area contributed by atoms with Crippen molar-refractivity contribution in [3.63, 3.8) is 0 Å². The van der Waals surface area contributed by atoms with Crippen LogP contribution in [0.25, 0.3) is 0 Å². The normalized spacial score (nSPS) is 28.4. The molecule has 0 amide bonds. The molecule has 1 rings (SSSR count). The maximum Gasteiger partial charge on any atom is 0.157 e. The van der Waals surface area contributed by atoms with Crippen LogP contribution in [-0.2, 0) is 0 Å². The van der Waals surface area contributed by atoms with E-state index in [0.717, 1.165) is 5.17 Å². The summed E-state index contributed by atoms with van der Waals surface area (Å²) in [7, 11) is 0. The van der Waals surface area contributed by atoms with E-state index in [1.54, 1.807) is 0 Å². The third-order valence-electron chi connectivity index (χ3n) is 2.45. The Morgan fingerprint density at radius 1 is 1.60 bits per heavy atom. The van der Waals surface area contributed by atoms with Crippen molar-refractivity contribution in [1.29, 1.82) is 0 Å². The highest BCUT2D eigenvalue weighted by Crippen LogP contribution is 2.24. The van der Waals surface area contributed by atoms with Crippen molar-refractivity contribution < 1.29 is 0 Å². The van der Waals surface area contributed by atoms with Crippen LogP contribution in [0, 0.1) is 0 Å². The lowest BCUT2D eigenvalue weighted by molar-refractivity contribution is 0.623. The first-order valence-electron chi connectivity index (χ1n) is 5.61. The van der Waals surface area contributed by atoms with Crippen molar-refractivity contribution in [3.8, 4) is 0 Å². The summed E-state index contributed by atoms with van der Waals surface area (Å²) in [5, 5.41) is 5.36. The number of thioether (sulfide) groups is 2. The quantitative estimate of drug-likeness (QED) is 0.825. The second kappa shape index (κ2) is 6.69. The third-order valence-corrected chi connectivity index (χ3v) is 4.13. The van der Waals surface area contributed by atoms with Crippen LogP contribution in [0.4, 0.5) is 0 Å². The molecule has 0 saturated carbocycles. The molecule has 0 saturated heterocycles. The molecule has 0 aromatic rings. The topological polar surface area (TPSA) is 24.4 Å². The second-order valence-electron chi connectivity index (χ2n) is 4.27. The average Bonchev–Trinajstić information content (AvgIpc) is 2.13. The zero-order chi connectivity index (χ0) is 11.3. The van der Waals surface area contributed by atoms with Crippen LogP contribution in [0.15, 0.2) is 4.99 Å². The minimum absolute atomic E-state index is 0.483. The lowest BCUT2D eigenvalue weighted by Crippen LogP contribution is -2.35. The number of rotatable bonds is 4. The van der Waals surface area contributed by atoms with Gasteiger partial charge in [-0.25, -0.2) is 0 Å². The van der Waals surface area contributed by atoms with Crippen molar-refractivity contribution >= 4 is 28.7 Å². The van der Waals surface area contributed by atoms with Gasteiger partial charge in [-0.1, -0.05) is 18.7 Å². The van der Waals surface area contributed by atoms with Gasteiger partial charge in [0.15, 0.2) is 5.17 Å². The second-order valence-corrected chi connectivity index (χ2v) is 6.69. The lowest BCUT2D eigenvalue weighted by atomic mass is 10.2. The summed E-state index contributed by atoms with van der Waals surface area (Å²) in [4.78, 5) is 4.64. The van der Waals surface area contributed by atoms with Gasteiger partial charge in [0.2, 0.25) is 0 Å². The van der Waals surface area contributed by atoms with Gasteiger partial charge in [0.25, 0.3) is 0 Å². The first kappa shape index (κ1) is 13.2. The van der Waals surface area contributed by atoms with Gasteiger partial charge in [-0.05, 0) is 38.7 Å². The maximum absolute atomic E-state index is 4.64. The molecule has 0 aromatic carbocycles. The van der Waals surface area contributed by atoms with Gasteiger partial charge < -0.3 is 5.32 Å². The van der Waals surface area contributed by atoms with Gasteiger partial charge in [-0.3, -0.25) is 4.99 Å². The molecule has 4 heteroatoms. The number of nitrogens with zero attached hydrogens (tertiary/aromatic N) is 1. The summed E-state index contributed by atoms with van der Waals surface area (Å²) in [6.07, 6.45) is 4.57. The van der Waals surface area contributed by atoms with Crippen LogP contribution >= 0.6 is 23.5 Å². The van der Waals surface area contributed by atoms with Crippen LogP contribution in [0.5, 0.6) is 0 Å². The van der Waals surface area contributed by atoms with Gasteiger partial charge in [-0.15, -0.1) is 0 Å². The van der Waals surface area contributed by atoms with Gasteiger partial charge in [0.05, 0.1) is 6.04 Å². The number of nitrogens with one attached hydrogen (secondary N) is 1. The molecule has 0 aromatic heterocycles. The van der Waals surface area contributed by atoms with Crippen LogP contribution in [0.1, 0.15) is 33.6 Å². The largest absolute Gasteiger partial charge is 0.362 e. The van der Waals surface area contributed by atoms with Gasteiger partial charge in [-0.2, -0.15) is 11.8 Å². The van der Waals surface area contributed by atoms with E-state index in [2.05, 4.69) is 37.3 Å². The monoisotopic (exact) mass is 246 g/mol. The molecule has 1 aliphatic heterocycles. The Morgan fingerprint density at radius 2 is 2.33 bits per heavy atom. The minimum atomic E-state index is 0.483. The number of hydrogen-bond acceptors (Lipinski definition) is 4. The molecule has 0 bridgehead atoms. The molecule has 0 aliphatic carbocycles. The summed E-state index contributed by atoms with van der Waals surface area (Å²) in [5.41, 5.74) is 0. The van der Waals surface area contributed by atoms with E-state index in [4.69, 9.17) is 0 Å². The molecule has 0 radical (unpaired) electrons. The highest BCUT2D eigenvalue weighted by molar-refractivity contribution is 8.14. The molecular weight excluding hydrogens is 224 g/mol. The van der Waals surface area contributed by atoms with Crippen LogP contribution in [0.3, 0.4) is 0 Å². The lowest BCUT2D eigenvalue weighted by Gasteiger charge is -2.25. The zero-order valence-electron chi connectivity index (χ0n) is 10.1. The Labute approximate surface area is 102 Å². The molecular formula is C11H22N2S2. The van der Waals surface area contributed by atoms with E-state index in [1.807, 2.05) is 23.5 Å². The summed E-state index contributed by atoms with van der Waals surface area (Å²) >= 11 is 3.79. The van der Waals surface area contributed by atoms with Crippen molar-refractivity contribution in [2.75, 3.05) is 12.0 Å². The maximum atomic E-state index is 4.64. The molecule has 0 fully saturated rings. The van der Waals surface area contributed by atoms with E-state index in [0.29, 0.717) is 17.3 Å². The van der Waals surface area contributed by atoms with Gasteiger partial charge in [0.1, 0.15) is 0 Å². The van der Waals surface area contributed by atoms with Crippen LogP contribution in [-0.4, -0.2) is 34.5 Å². The van der Waals surface area contributed by atoms with Crippen molar-refractivity contribution in [2.45, 2.75) is 50.9 Å². The number of amidine groups is 1. The molecule has 1 aliphatic rings. The highest BCUT2D eigenvalue weighted by atomic mass is 32.2. The van der Waals surface area contributed by atoms with Crippen molar-refractivity contribution in [3.05, 3.63) is 0 Å². The SMILES string of the molecule is CSCCC(C)NC1=NC(C)CC(C)S1.